The summed E-state index contributed by atoms with van der Waals surface area (Å²) in [4.78, 5) is 22.6. The highest BCUT2D eigenvalue weighted by Crippen LogP contribution is 2.36. The molecule has 10 heteroatoms. The fraction of sp³-hybridized carbons (Fsp3) is 0.300. The van der Waals surface area contributed by atoms with Crippen LogP contribution in [0.4, 0.5) is 18.9 Å². The Bertz CT molecular complexity index is 1030. The number of rotatable bonds is 5. The number of aromatic nitrogens is 2. The van der Waals surface area contributed by atoms with Gasteiger partial charge in [0.2, 0.25) is 0 Å². The molecule has 0 radical (unpaired) electrons. The first-order valence-electron chi connectivity index (χ1n) is 9.32. The average Bonchev–Trinajstić information content (AvgIpc) is 3.09. The SMILES string of the molecule is O=C(Nc1ccc2nc(CN3CCOCC3)[nH]c2c1)c1ccc(SC(F)(F)F)cc1. The minimum atomic E-state index is -4.36. The molecule has 0 spiro atoms. The summed E-state index contributed by atoms with van der Waals surface area (Å²) in [5.74, 6) is 0.444. The molecule has 30 heavy (non-hydrogen) atoms. The van der Waals surface area contributed by atoms with E-state index in [0.717, 1.165) is 29.9 Å². The van der Waals surface area contributed by atoms with Crippen molar-refractivity contribution < 1.29 is 22.7 Å². The Labute approximate surface area is 174 Å². The minimum absolute atomic E-state index is 0.0331. The van der Waals surface area contributed by atoms with E-state index in [2.05, 4.69) is 20.2 Å². The van der Waals surface area contributed by atoms with Crippen LogP contribution >= 0.6 is 11.8 Å². The number of imidazole rings is 1. The molecule has 0 atom stereocenters. The Kier molecular flexibility index (Phi) is 5.98. The van der Waals surface area contributed by atoms with Crippen molar-refractivity contribution in [1.29, 1.82) is 0 Å². The molecule has 2 aromatic carbocycles. The highest BCUT2D eigenvalue weighted by atomic mass is 32.2. The van der Waals surface area contributed by atoms with Crippen LogP contribution in [0, 0.1) is 0 Å². The number of carbonyl (C=O) groups excluding carboxylic acids is 1. The van der Waals surface area contributed by atoms with E-state index in [1.807, 2.05) is 6.07 Å². The third-order valence-electron chi connectivity index (χ3n) is 4.62. The molecule has 3 aromatic rings. The van der Waals surface area contributed by atoms with E-state index in [1.54, 1.807) is 12.1 Å². The van der Waals surface area contributed by atoms with Gasteiger partial charge in [0.05, 0.1) is 30.8 Å². The molecule has 6 nitrogen and oxygen atoms in total. The molecule has 2 heterocycles. The van der Waals surface area contributed by atoms with E-state index in [-0.39, 0.29) is 22.2 Å². The van der Waals surface area contributed by atoms with Crippen LogP contribution in [0.3, 0.4) is 0 Å². The van der Waals surface area contributed by atoms with E-state index in [1.165, 1.54) is 24.3 Å². The van der Waals surface area contributed by atoms with Crippen LogP contribution in [0.15, 0.2) is 47.4 Å². The topological polar surface area (TPSA) is 70.2 Å². The predicted octanol–water partition coefficient (Wildman–Crippen LogP) is 4.26. The number of ether oxygens (including phenoxy) is 1. The molecular weight excluding hydrogens is 417 g/mol. The van der Waals surface area contributed by atoms with Crippen molar-refractivity contribution in [3.05, 3.63) is 53.9 Å². The monoisotopic (exact) mass is 436 g/mol. The maximum absolute atomic E-state index is 12.4. The summed E-state index contributed by atoms with van der Waals surface area (Å²) in [6.07, 6.45) is 0. The number of fused-ring (bicyclic) bond motifs is 1. The van der Waals surface area contributed by atoms with Gasteiger partial charge in [-0.25, -0.2) is 4.98 Å². The summed E-state index contributed by atoms with van der Waals surface area (Å²) in [6.45, 7) is 3.85. The summed E-state index contributed by atoms with van der Waals surface area (Å²) in [5.41, 5.74) is -1.91. The number of benzene rings is 2. The van der Waals surface area contributed by atoms with Gasteiger partial charge in [0, 0.05) is 29.2 Å². The lowest BCUT2D eigenvalue weighted by Gasteiger charge is -2.25. The summed E-state index contributed by atoms with van der Waals surface area (Å²) < 4.78 is 42.6. The van der Waals surface area contributed by atoms with Crippen LogP contribution in [-0.4, -0.2) is 52.6 Å². The van der Waals surface area contributed by atoms with Crippen LogP contribution in [0.2, 0.25) is 0 Å². The van der Waals surface area contributed by atoms with Gasteiger partial charge in [-0.1, -0.05) is 0 Å². The van der Waals surface area contributed by atoms with Crippen molar-refractivity contribution in [3.8, 4) is 0 Å². The number of nitrogens with one attached hydrogen (secondary N) is 2. The Morgan fingerprint density at radius 1 is 1.17 bits per heavy atom. The van der Waals surface area contributed by atoms with Crippen LogP contribution in [-0.2, 0) is 11.3 Å². The van der Waals surface area contributed by atoms with Crippen molar-refractivity contribution in [2.75, 3.05) is 31.6 Å². The highest BCUT2D eigenvalue weighted by Gasteiger charge is 2.29. The average molecular weight is 436 g/mol. The van der Waals surface area contributed by atoms with Gasteiger partial charge in [0.1, 0.15) is 5.82 Å². The van der Waals surface area contributed by atoms with Crippen molar-refractivity contribution in [2.45, 2.75) is 16.9 Å². The number of H-pyrrole nitrogens is 1. The molecule has 0 unspecified atom stereocenters. The van der Waals surface area contributed by atoms with Gasteiger partial charge in [-0.2, -0.15) is 13.2 Å². The standard InChI is InChI=1S/C20H19F3N4O2S/c21-20(22,23)30-15-4-1-13(2-5-15)19(28)24-14-3-6-16-17(11-14)26-18(25-16)12-27-7-9-29-10-8-27/h1-6,11H,7-10,12H2,(H,24,28)(H,25,26). The van der Waals surface area contributed by atoms with E-state index >= 15 is 0 Å². The van der Waals surface area contributed by atoms with Crippen LogP contribution in [0.1, 0.15) is 16.2 Å². The number of anilines is 1. The first-order valence-corrected chi connectivity index (χ1v) is 10.1. The normalized spacial score (nSPS) is 15.4. The number of hydrogen-bond acceptors (Lipinski definition) is 5. The van der Waals surface area contributed by atoms with E-state index in [9.17, 15) is 18.0 Å². The summed E-state index contributed by atoms with van der Waals surface area (Å²) in [5, 5.41) is 2.77. The number of hydrogen-bond donors (Lipinski definition) is 2. The lowest BCUT2D eigenvalue weighted by atomic mass is 10.2. The molecule has 4 rings (SSSR count). The smallest absolute Gasteiger partial charge is 0.379 e. The van der Waals surface area contributed by atoms with Crippen molar-refractivity contribution >= 4 is 34.4 Å². The zero-order valence-electron chi connectivity index (χ0n) is 15.8. The zero-order chi connectivity index (χ0) is 21.1. The van der Waals surface area contributed by atoms with Gasteiger partial charge < -0.3 is 15.0 Å². The van der Waals surface area contributed by atoms with Gasteiger partial charge in [0.25, 0.3) is 5.91 Å². The molecule has 0 bridgehead atoms. The molecule has 1 aromatic heterocycles. The van der Waals surface area contributed by atoms with Gasteiger partial charge in [-0.15, -0.1) is 0 Å². The number of nitrogens with zero attached hydrogens (tertiary/aromatic N) is 2. The molecule has 1 amide bonds. The maximum Gasteiger partial charge on any atom is 0.446 e. The first kappa shape index (κ1) is 20.7. The van der Waals surface area contributed by atoms with Gasteiger partial charge >= 0.3 is 5.51 Å². The second kappa shape index (κ2) is 8.66. The molecule has 1 saturated heterocycles. The zero-order valence-corrected chi connectivity index (χ0v) is 16.6. The van der Waals surface area contributed by atoms with Gasteiger partial charge in [-0.05, 0) is 54.2 Å². The van der Waals surface area contributed by atoms with E-state index < -0.39 is 11.4 Å². The van der Waals surface area contributed by atoms with E-state index in [0.29, 0.717) is 25.4 Å². The van der Waals surface area contributed by atoms with Crippen LogP contribution < -0.4 is 5.32 Å². The van der Waals surface area contributed by atoms with Crippen LogP contribution in [0.5, 0.6) is 0 Å². The number of carbonyl (C=O) groups is 1. The van der Waals surface area contributed by atoms with Gasteiger partial charge in [0.15, 0.2) is 0 Å². The summed E-state index contributed by atoms with van der Waals surface area (Å²) in [7, 11) is 0. The Balaban J connectivity index is 1.42. The largest absolute Gasteiger partial charge is 0.446 e. The number of alkyl halides is 3. The van der Waals surface area contributed by atoms with Gasteiger partial charge in [-0.3, -0.25) is 9.69 Å². The second-order valence-electron chi connectivity index (χ2n) is 6.83. The fourth-order valence-electron chi connectivity index (χ4n) is 3.20. The number of halogens is 3. The fourth-order valence-corrected chi connectivity index (χ4v) is 3.74. The Morgan fingerprint density at radius 2 is 1.90 bits per heavy atom. The maximum atomic E-state index is 12.4. The molecule has 1 aliphatic rings. The first-order chi connectivity index (χ1) is 14.4. The van der Waals surface area contributed by atoms with Crippen LogP contribution in [0.25, 0.3) is 11.0 Å². The minimum Gasteiger partial charge on any atom is -0.379 e. The van der Waals surface area contributed by atoms with Crippen molar-refractivity contribution in [3.63, 3.8) is 0 Å². The summed E-state index contributed by atoms with van der Waals surface area (Å²) >= 11 is -0.212. The number of amides is 1. The molecule has 1 fully saturated rings. The number of morpholine rings is 1. The highest BCUT2D eigenvalue weighted by molar-refractivity contribution is 8.00. The van der Waals surface area contributed by atoms with E-state index in [4.69, 9.17) is 4.74 Å². The Morgan fingerprint density at radius 3 is 2.60 bits per heavy atom. The lowest BCUT2D eigenvalue weighted by molar-refractivity contribution is -0.0328. The predicted molar refractivity (Wildman–Crippen MR) is 108 cm³/mol. The molecule has 158 valence electrons. The Hall–Kier alpha value is -2.56. The third kappa shape index (κ3) is 5.32. The molecule has 2 N–H and O–H groups in total. The number of thioether (sulfide) groups is 1. The second-order valence-corrected chi connectivity index (χ2v) is 7.97. The quantitative estimate of drug-likeness (QED) is 0.585. The summed E-state index contributed by atoms with van der Waals surface area (Å²) in [6, 6.07) is 10.7. The third-order valence-corrected chi connectivity index (χ3v) is 5.36. The van der Waals surface area contributed by atoms with Crippen molar-refractivity contribution in [1.82, 2.24) is 14.9 Å². The molecule has 0 aliphatic carbocycles. The molecule has 1 aliphatic heterocycles. The lowest BCUT2D eigenvalue weighted by Crippen LogP contribution is -2.35. The number of aromatic amines is 1. The van der Waals surface area contributed by atoms with Crippen molar-refractivity contribution in [2.24, 2.45) is 0 Å². The molecular formula is C20H19F3N4O2S. The molecule has 0 saturated carbocycles.